The van der Waals surface area contributed by atoms with E-state index in [1.54, 1.807) is 0 Å². The van der Waals surface area contributed by atoms with Gasteiger partial charge >= 0.3 is 0 Å². The number of rotatable bonds is 7. The monoisotopic (exact) mass is 158 g/mol. The summed E-state index contributed by atoms with van der Waals surface area (Å²) in [7, 11) is 0. The van der Waals surface area contributed by atoms with Crippen molar-refractivity contribution in [3.8, 4) is 0 Å². The SMILES string of the molecule is C=CCCCCCCCS. The Balaban J connectivity index is 2.70. The molecule has 0 unspecified atom stereocenters. The third-order valence-corrected chi connectivity index (χ3v) is 1.88. The largest absolute Gasteiger partial charge is 0.179 e. The molecule has 0 radical (unpaired) electrons. The van der Waals surface area contributed by atoms with E-state index in [1.165, 1.54) is 38.5 Å². The molecule has 60 valence electrons. The van der Waals surface area contributed by atoms with Crippen LogP contribution in [0.5, 0.6) is 0 Å². The Morgan fingerprint density at radius 1 is 1.00 bits per heavy atom. The molecule has 0 amide bonds. The topological polar surface area (TPSA) is 0 Å². The highest BCUT2D eigenvalue weighted by Gasteiger charge is 1.86. The predicted octanol–water partition coefficient (Wildman–Crippen LogP) is 3.44. The van der Waals surface area contributed by atoms with Crippen molar-refractivity contribution >= 4 is 12.6 Å². The van der Waals surface area contributed by atoms with Gasteiger partial charge in [-0.25, -0.2) is 0 Å². The molecule has 0 aliphatic carbocycles. The van der Waals surface area contributed by atoms with Gasteiger partial charge in [0.25, 0.3) is 0 Å². The Hall–Kier alpha value is 0.0900. The number of hydrogen-bond acceptors (Lipinski definition) is 1. The van der Waals surface area contributed by atoms with E-state index in [1.807, 2.05) is 6.08 Å². The molecule has 1 heteroatoms. The van der Waals surface area contributed by atoms with Gasteiger partial charge in [-0.15, -0.1) is 6.58 Å². The van der Waals surface area contributed by atoms with Gasteiger partial charge in [0.2, 0.25) is 0 Å². The minimum Gasteiger partial charge on any atom is -0.179 e. The molecule has 10 heavy (non-hydrogen) atoms. The van der Waals surface area contributed by atoms with E-state index in [4.69, 9.17) is 0 Å². The first-order valence-electron chi connectivity index (χ1n) is 4.13. The van der Waals surface area contributed by atoms with Crippen LogP contribution in [0, 0.1) is 0 Å². The second-order valence-corrected chi connectivity index (χ2v) is 3.02. The molecule has 0 saturated carbocycles. The summed E-state index contributed by atoms with van der Waals surface area (Å²) in [5.41, 5.74) is 0. The molecule has 0 atom stereocenters. The van der Waals surface area contributed by atoms with E-state index in [9.17, 15) is 0 Å². The fraction of sp³-hybridized carbons (Fsp3) is 0.778. The average Bonchev–Trinajstić information content (AvgIpc) is 1.97. The molecule has 0 nitrogen and oxygen atoms in total. The van der Waals surface area contributed by atoms with Crippen LogP contribution in [0.1, 0.15) is 38.5 Å². The molecule has 0 N–H and O–H groups in total. The van der Waals surface area contributed by atoms with Gasteiger partial charge < -0.3 is 0 Å². The lowest BCUT2D eigenvalue weighted by atomic mass is 10.1. The van der Waals surface area contributed by atoms with E-state index >= 15 is 0 Å². The fourth-order valence-corrected chi connectivity index (χ4v) is 1.15. The Kier molecular flexibility index (Phi) is 9.17. The van der Waals surface area contributed by atoms with Crippen LogP contribution < -0.4 is 0 Å². The van der Waals surface area contributed by atoms with Gasteiger partial charge in [-0.2, -0.15) is 12.6 Å². The zero-order chi connectivity index (χ0) is 7.66. The quantitative estimate of drug-likeness (QED) is 0.327. The van der Waals surface area contributed by atoms with Gasteiger partial charge in [-0.1, -0.05) is 25.3 Å². The lowest BCUT2D eigenvalue weighted by molar-refractivity contribution is 0.640. The Morgan fingerprint density at radius 2 is 1.60 bits per heavy atom. The molecule has 0 aliphatic heterocycles. The van der Waals surface area contributed by atoms with E-state index in [-0.39, 0.29) is 0 Å². The number of thiol groups is 1. The average molecular weight is 158 g/mol. The lowest BCUT2D eigenvalue weighted by Crippen LogP contribution is -1.78. The molecule has 0 heterocycles. The molecule has 0 bridgehead atoms. The minimum atomic E-state index is 1.04. The molecular formula is C9H18S. The van der Waals surface area contributed by atoms with E-state index in [2.05, 4.69) is 19.2 Å². The number of unbranched alkanes of at least 4 members (excludes halogenated alkanes) is 5. The van der Waals surface area contributed by atoms with Crippen molar-refractivity contribution in [1.82, 2.24) is 0 Å². The molecule has 0 spiro atoms. The number of hydrogen-bond donors (Lipinski definition) is 1. The van der Waals surface area contributed by atoms with Gasteiger partial charge in [0.05, 0.1) is 0 Å². The van der Waals surface area contributed by atoms with Crippen LogP contribution in [0.15, 0.2) is 12.7 Å². The van der Waals surface area contributed by atoms with Gasteiger partial charge in [0, 0.05) is 0 Å². The summed E-state index contributed by atoms with van der Waals surface area (Å²) >= 11 is 4.15. The second-order valence-electron chi connectivity index (χ2n) is 2.57. The summed E-state index contributed by atoms with van der Waals surface area (Å²) in [5, 5.41) is 0. The summed E-state index contributed by atoms with van der Waals surface area (Å²) in [5.74, 6) is 1.04. The summed E-state index contributed by atoms with van der Waals surface area (Å²) < 4.78 is 0. The highest BCUT2D eigenvalue weighted by Crippen LogP contribution is 2.05. The first-order chi connectivity index (χ1) is 4.91. The summed E-state index contributed by atoms with van der Waals surface area (Å²) in [6.45, 7) is 3.68. The normalized spacial score (nSPS) is 9.70. The van der Waals surface area contributed by atoms with Crippen LogP contribution in [-0.2, 0) is 0 Å². The van der Waals surface area contributed by atoms with Crippen molar-refractivity contribution in [2.24, 2.45) is 0 Å². The maximum Gasteiger partial charge on any atom is -0.00979 e. The van der Waals surface area contributed by atoms with Gasteiger partial charge in [0.15, 0.2) is 0 Å². The van der Waals surface area contributed by atoms with E-state index < -0.39 is 0 Å². The van der Waals surface area contributed by atoms with Crippen LogP contribution in [0.25, 0.3) is 0 Å². The second kappa shape index (κ2) is 9.09. The van der Waals surface area contributed by atoms with E-state index in [0.29, 0.717) is 0 Å². The molecule has 0 fully saturated rings. The first-order valence-corrected chi connectivity index (χ1v) is 4.77. The predicted molar refractivity (Wildman–Crippen MR) is 51.8 cm³/mol. The van der Waals surface area contributed by atoms with Gasteiger partial charge in [-0.05, 0) is 25.0 Å². The Morgan fingerprint density at radius 3 is 2.20 bits per heavy atom. The van der Waals surface area contributed by atoms with Gasteiger partial charge in [-0.3, -0.25) is 0 Å². The van der Waals surface area contributed by atoms with Crippen molar-refractivity contribution in [3.05, 3.63) is 12.7 Å². The molecule has 0 aromatic heterocycles. The maximum absolute atomic E-state index is 4.15. The molecule has 0 aromatic rings. The third kappa shape index (κ3) is 8.09. The standard InChI is InChI=1S/C9H18S/c1-2-3-4-5-6-7-8-9-10/h2,10H,1,3-9H2. The van der Waals surface area contributed by atoms with Crippen molar-refractivity contribution in [1.29, 1.82) is 0 Å². The number of allylic oxidation sites excluding steroid dienone is 1. The van der Waals surface area contributed by atoms with Gasteiger partial charge in [0.1, 0.15) is 0 Å². The van der Waals surface area contributed by atoms with Crippen molar-refractivity contribution in [2.45, 2.75) is 38.5 Å². The maximum atomic E-state index is 4.15. The van der Waals surface area contributed by atoms with Crippen LogP contribution in [-0.4, -0.2) is 5.75 Å². The van der Waals surface area contributed by atoms with Crippen LogP contribution >= 0.6 is 12.6 Å². The molecule has 0 rings (SSSR count). The van der Waals surface area contributed by atoms with E-state index in [0.717, 1.165) is 5.75 Å². The van der Waals surface area contributed by atoms with Crippen LogP contribution in [0.2, 0.25) is 0 Å². The van der Waals surface area contributed by atoms with Crippen molar-refractivity contribution in [3.63, 3.8) is 0 Å². The summed E-state index contributed by atoms with van der Waals surface area (Å²) in [6.07, 6.45) is 9.85. The smallest absolute Gasteiger partial charge is 0.00979 e. The minimum absolute atomic E-state index is 1.04. The first kappa shape index (κ1) is 10.1. The fourth-order valence-electron chi connectivity index (χ4n) is 0.931. The Bertz CT molecular complexity index is 69.1. The molecule has 0 aliphatic rings. The molecular weight excluding hydrogens is 140 g/mol. The summed E-state index contributed by atoms with van der Waals surface area (Å²) in [6, 6.07) is 0. The van der Waals surface area contributed by atoms with Crippen molar-refractivity contribution < 1.29 is 0 Å². The van der Waals surface area contributed by atoms with Crippen molar-refractivity contribution in [2.75, 3.05) is 5.75 Å². The molecule has 0 saturated heterocycles. The highest BCUT2D eigenvalue weighted by atomic mass is 32.1. The zero-order valence-electron chi connectivity index (χ0n) is 6.68. The van der Waals surface area contributed by atoms with Crippen LogP contribution in [0.4, 0.5) is 0 Å². The third-order valence-electron chi connectivity index (χ3n) is 1.57. The molecule has 0 aromatic carbocycles. The summed E-state index contributed by atoms with van der Waals surface area (Å²) in [4.78, 5) is 0. The Labute approximate surface area is 70.1 Å². The highest BCUT2D eigenvalue weighted by molar-refractivity contribution is 7.80. The van der Waals surface area contributed by atoms with Crippen LogP contribution in [0.3, 0.4) is 0 Å². The lowest BCUT2D eigenvalue weighted by Gasteiger charge is -1.96. The zero-order valence-corrected chi connectivity index (χ0v) is 7.58.